The number of nitrogens with zero attached hydrogens (tertiary/aromatic N) is 1. The largest absolute Gasteiger partial charge is 0.358 e. The third-order valence-corrected chi connectivity index (χ3v) is 0.685. The van der Waals surface area contributed by atoms with Crippen LogP contribution in [0.2, 0.25) is 0 Å². The lowest BCUT2D eigenvalue weighted by molar-refractivity contribution is -0.0153. The van der Waals surface area contributed by atoms with Crippen molar-refractivity contribution in [1.82, 2.24) is 5.16 Å². The van der Waals surface area contributed by atoms with Crippen molar-refractivity contribution in [3.05, 3.63) is 11.8 Å². The van der Waals surface area contributed by atoms with Gasteiger partial charge in [0.05, 0.1) is 0 Å². The predicted molar refractivity (Wildman–Crippen MR) is 34.3 cm³/mol. The van der Waals surface area contributed by atoms with E-state index in [1.807, 2.05) is 13.8 Å². The first-order valence-corrected chi connectivity index (χ1v) is 3.05. The summed E-state index contributed by atoms with van der Waals surface area (Å²) in [6, 6.07) is 1.35. The quantitative estimate of drug-likeness (QED) is 0.611. The van der Waals surface area contributed by atoms with Gasteiger partial charge in [0.25, 0.3) is 0 Å². The Hall–Kier alpha value is -1.06. The van der Waals surface area contributed by atoms with Crippen molar-refractivity contribution in [1.29, 1.82) is 0 Å². The van der Waals surface area contributed by atoms with E-state index in [1.54, 1.807) is 6.92 Å². The summed E-state index contributed by atoms with van der Waals surface area (Å²) in [5.41, 5.74) is 0. The monoisotopic (exact) mass is 147 g/mol. The molecular formula is C6H10FNO2. The molecule has 0 fully saturated rings. The minimum atomic E-state index is -0.137. The van der Waals surface area contributed by atoms with Crippen molar-refractivity contribution < 1.29 is 14.0 Å². The van der Waals surface area contributed by atoms with Crippen LogP contribution in [0.4, 0.5) is 4.53 Å². The summed E-state index contributed by atoms with van der Waals surface area (Å²) in [4.78, 5) is 3.23. The smallest absolute Gasteiger partial charge is 0.301 e. The molecule has 10 heavy (non-hydrogen) atoms. The Morgan fingerprint density at radius 1 is 1.60 bits per heavy atom. The van der Waals surface area contributed by atoms with Crippen LogP contribution in [0.1, 0.15) is 19.6 Å². The topological polar surface area (TPSA) is 35.3 Å². The number of hydrogen-bond acceptors (Lipinski definition) is 3. The highest BCUT2D eigenvalue weighted by molar-refractivity contribution is 5.07. The van der Waals surface area contributed by atoms with Crippen LogP contribution in [0.25, 0.3) is 0 Å². The van der Waals surface area contributed by atoms with Gasteiger partial charge in [-0.25, -0.2) is 0 Å². The molecule has 0 aliphatic carbocycles. The van der Waals surface area contributed by atoms with E-state index in [9.17, 15) is 4.53 Å². The first-order valence-electron chi connectivity index (χ1n) is 3.05. The number of aromatic nitrogens is 1. The van der Waals surface area contributed by atoms with Gasteiger partial charge in [0, 0.05) is 10.6 Å². The second-order valence-corrected chi connectivity index (χ2v) is 1.35. The predicted octanol–water partition coefficient (Wildman–Crippen LogP) is 2.27. The molecule has 0 aromatic carbocycles. The molecule has 0 bridgehead atoms. The highest BCUT2D eigenvalue weighted by Gasteiger charge is 1.98. The summed E-state index contributed by atoms with van der Waals surface area (Å²) >= 11 is 0. The van der Waals surface area contributed by atoms with E-state index >= 15 is 0 Å². The number of halogens is 1. The van der Waals surface area contributed by atoms with Crippen LogP contribution < -0.4 is 4.94 Å². The molecule has 0 spiro atoms. The minimum absolute atomic E-state index is 0.137. The van der Waals surface area contributed by atoms with Gasteiger partial charge in [-0.15, -0.1) is 0 Å². The molecule has 58 valence electrons. The van der Waals surface area contributed by atoms with E-state index < -0.39 is 0 Å². The first-order chi connectivity index (χ1) is 4.83. The Balaban J connectivity index is 0.000000371. The summed E-state index contributed by atoms with van der Waals surface area (Å²) in [5, 5.41) is 3.16. The third kappa shape index (κ3) is 2.48. The van der Waals surface area contributed by atoms with Crippen molar-refractivity contribution >= 4 is 0 Å². The van der Waals surface area contributed by atoms with E-state index in [0.29, 0.717) is 5.76 Å². The van der Waals surface area contributed by atoms with Crippen molar-refractivity contribution in [3.63, 3.8) is 0 Å². The fourth-order valence-electron chi connectivity index (χ4n) is 0.380. The standard InChI is InChI=1S/C4H4FNO2.C2H6/c1-3-2-4(7-5)6-8-3;1-2/h2H,1H3;1-2H3. The Morgan fingerprint density at radius 3 is 2.40 bits per heavy atom. The van der Waals surface area contributed by atoms with Crippen molar-refractivity contribution in [2.45, 2.75) is 20.8 Å². The van der Waals surface area contributed by atoms with Gasteiger partial charge in [0.2, 0.25) is 0 Å². The fourth-order valence-corrected chi connectivity index (χ4v) is 0.380. The highest BCUT2D eigenvalue weighted by atomic mass is 19.3. The summed E-state index contributed by atoms with van der Waals surface area (Å²) in [7, 11) is 0. The Morgan fingerprint density at radius 2 is 2.20 bits per heavy atom. The molecule has 1 aromatic rings. The summed E-state index contributed by atoms with van der Waals surface area (Å²) in [6.07, 6.45) is 0. The van der Waals surface area contributed by atoms with Crippen LogP contribution in [0.5, 0.6) is 5.88 Å². The molecular weight excluding hydrogens is 137 g/mol. The van der Waals surface area contributed by atoms with E-state index in [4.69, 9.17) is 0 Å². The molecule has 0 unspecified atom stereocenters. The molecule has 0 atom stereocenters. The number of rotatable bonds is 1. The van der Waals surface area contributed by atoms with Crippen LogP contribution in [0.3, 0.4) is 0 Å². The van der Waals surface area contributed by atoms with Gasteiger partial charge in [-0.2, -0.15) is 0 Å². The van der Waals surface area contributed by atoms with E-state index in [1.165, 1.54) is 6.07 Å². The lowest BCUT2D eigenvalue weighted by Gasteiger charge is -1.74. The zero-order valence-corrected chi connectivity index (χ0v) is 6.22. The molecule has 1 rings (SSSR count). The maximum absolute atomic E-state index is 11.1. The Bertz CT molecular complexity index is 176. The Labute approximate surface area is 58.7 Å². The van der Waals surface area contributed by atoms with Crippen molar-refractivity contribution in [3.8, 4) is 5.88 Å². The second-order valence-electron chi connectivity index (χ2n) is 1.35. The molecule has 0 amide bonds. The van der Waals surface area contributed by atoms with Crippen LogP contribution in [-0.2, 0) is 0 Å². The van der Waals surface area contributed by atoms with Crippen LogP contribution >= 0.6 is 0 Å². The molecule has 1 aromatic heterocycles. The summed E-state index contributed by atoms with van der Waals surface area (Å²) in [5.74, 6) is 0.389. The maximum Gasteiger partial charge on any atom is 0.301 e. The van der Waals surface area contributed by atoms with Crippen molar-refractivity contribution in [2.24, 2.45) is 0 Å². The minimum Gasteiger partial charge on any atom is -0.358 e. The molecule has 0 aliphatic rings. The van der Waals surface area contributed by atoms with Crippen LogP contribution in [-0.4, -0.2) is 5.16 Å². The van der Waals surface area contributed by atoms with Crippen molar-refractivity contribution in [2.75, 3.05) is 0 Å². The van der Waals surface area contributed by atoms with Gasteiger partial charge in [-0.3, -0.25) is 4.94 Å². The molecule has 0 N–H and O–H groups in total. The molecule has 4 heteroatoms. The van der Waals surface area contributed by atoms with Gasteiger partial charge >= 0.3 is 5.88 Å². The lowest BCUT2D eigenvalue weighted by Crippen LogP contribution is -1.70. The van der Waals surface area contributed by atoms with E-state index in [-0.39, 0.29) is 5.88 Å². The lowest BCUT2D eigenvalue weighted by atomic mass is 10.5. The van der Waals surface area contributed by atoms with Gasteiger partial charge in [0.1, 0.15) is 5.76 Å². The SMILES string of the molecule is CC.Cc1cc(OF)no1. The first kappa shape index (κ1) is 8.94. The number of aryl methyl sites for hydroxylation is 1. The van der Waals surface area contributed by atoms with Crippen LogP contribution in [0, 0.1) is 6.92 Å². The highest BCUT2D eigenvalue weighted by Crippen LogP contribution is 2.08. The van der Waals surface area contributed by atoms with Gasteiger partial charge in [0.15, 0.2) is 0 Å². The molecule has 1 heterocycles. The summed E-state index contributed by atoms with van der Waals surface area (Å²) < 4.78 is 15.6. The Kier molecular flexibility index (Phi) is 4.28. The van der Waals surface area contributed by atoms with E-state index in [0.717, 1.165) is 0 Å². The molecule has 3 nitrogen and oxygen atoms in total. The average Bonchev–Trinajstić information content (AvgIpc) is 2.40. The molecule has 0 saturated carbocycles. The van der Waals surface area contributed by atoms with Gasteiger partial charge < -0.3 is 4.52 Å². The average molecular weight is 147 g/mol. The zero-order chi connectivity index (χ0) is 7.98. The maximum atomic E-state index is 11.1. The van der Waals surface area contributed by atoms with Gasteiger partial charge in [-0.1, -0.05) is 13.8 Å². The van der Waals surface area contributed by atoms with Crippen LogP contribution in [0.15, 0.2) is 10.6 Å². The van der Waals surface area contributed by atoms with E-state index in [2.05, 4.69) is 14.6 Å². The normalized spacial score (nSPS) is 8.00. The molecule has 0 saturated heterocycles. The second kappa shape index (κ2) is 4.78. The fraction of sp³-hybridized carbons (Fsp3) is 0.500. The molecule has 0 aliphatic heterocycles. The summed E-state index contributed by atoms with van der Waals surface area (Å²) in [6.45, 7) is 5.65. The zero-order valence-electron chi connectivity index (χ0n) is 6.22. The number of hydrogen-bond donors (Lipinski definition) is 0. The molecule has 0 radical (unpaired) electrons. The third-order valence-electron chi connectivity index (χ3n) is 0.685. The van der Waals surface area contributed by atoms with Gasteiger partial charge in [-0.05, 0) is 12.1 Å².